The predicted octanol–water partition coefficient (Wildman–Crippen LogP) is 3.74. The number of amides is 1. The first kappa shape index (κ1) is 18.2. The van der Waals surface area contributed by atoms with Crippen LogP contribution < -0.4 is 10.1 Å². The number of Topliss-reactive ketones (excluding diaryl/α,β-unsaturated/α-hetero) is 1. The van der Waals surface area contributed by atoms with E-state index in [4.69, 9.17) is 9.15 Å². The average molecular weight is 395 g/mol. The van der Waals surface area contributed by atoms with E-state index in [9.17, 15) is 9.59 Å². The van der Waals surface area contributed by atoms with Gasteiger partial charge in [-0.05, 0) is 44.2 Å². The van der Waals surface area contributed by atoms with Crippen molar-refractivity contribution in [2.24, 2.45) is 0 Å². The fraction of sp³-hybridized carbons (Fsp3) is 0.200. The molecule has 1 amide bonds. The topological polar surface area (TPSA) is 94.3 Å². The van der Waals surface area contributed by atoms with Gasteiger partial charge >= 0.3 is 0 Å². The number of fused-ring (bicyclic) bond motifs is 1. The number of benzene rings is 2. The highest BCUT2D eigenvalue weighted by Gasteiger charge is 2.23. The molecular weight excluding hydrogens is 378 g/mol. The summed E-state index contributed by atoms with van der Waals surface area (Å²) in [5.41, 5.74) is 2.94. The molecule has 1 aliphatic heterocycles. The molecule has 1 aromatic heterocycles. The molecule has 0 spiro atoms. The van der Waals surface area contributed by atoms with Gasteiger partial charge < -0.3 is 14.5 Å². The number of anilines is 1. The number of aryl methyl sites for hydroxylation is 1. The third-order valence-electron chi connectivity index (χ3n) is 4.25. The molecule has 0 bridgehead atoms. The van der Waals surface area contributed by atoms with Crippen LogP contribution in [0.2, 0.25) is 0 Å². The maximum absolute atomic E-state index is 12.8. The van der Waals surface area contributed by atoms with Crippen molar-refractivity contribution in [1.82, 2.24) is 10.2 Å². The molecule has 7 nitrogen and oxygen atoms in total. The van der Waals surface area contributed by atoms with Crippen LogP contribution in [0.3, 0.4) is 0 Å². The lowest BCUT2D eigenvalue weighted by Gasteiger charge is -2.18. The second-order valence-corrected chi connectivity index (χ2v) is 7.70. The highest BCUT2D eigenvalue weighted by molar-refractivity contribution is 8.00. The molecule has 0 radical (unpaired) electrons. The monoisotopic (exact) mass is 395 g/mol. The van der Waals surface area contributed by atoms with Crippen LogP contribution in [0.4, 0.5) is 5.69 Å². The van der Waals surface area contributed by atoms with E-state index in [0.29, 0.717) is 28.1 Å². The number of hydrogen-bond acceptors (Lipinski definition) is 7. The van der Waals surface area contributed by atoms with Crippen molar-refractivity contribution < 1.29 is 18.7 Å². The molecule has 8 heteroatoms. The standard InChI is InChI=1S/C20H17N3O4S/c1-11-3-5-13(6-4-11)19-22-23-20(27-19)28-12(2)18(25)14-7-8-16-15(9-14)21-17(24)10-26-16/h3-9,12H,10H2,1-2H3,(H,21,24)/t12-/m0/s1. The fourth-order valence-electron chi connectivity index (χ4n) is 2.75. The summed E-state index contributed by atoms with van der Waals surface area (Å²) in [6, 6.07) is 12.7. The number of hydrogen-bond donors (Lipinski definition) is 1. The SMILES string of the molecule is Cc1ccc(-c2nnc(S[C@@H](C)C(=O)c3ccc4c(c3)NC(=O)CO4)o2)cc1. The molecule has 3 aromatic rings. The molecule has 0 fully saturated rings. The number of nitrogens with zero attached hydrogens (tertiary/aromatic N) is 2. The zero-order valence-corrected chi connectivity index (χ0v) is 16.1. The fourth-order valence-corrected chi connectivity index (χ4v) is 3.51. The number of nitrogens with one attached hydrogen (secondary N) is 1. The minimum absolute atomic E-state index is 0.0208. The number of aromatic nitrogens is 2. The minimum atomic E-state index is -0.440. The van der Waals surface area contributed by atoms with E-state index in [1.54, 1.807) is 25.1 Å². The van der Waals surface area contributed by atoms with Crippen LogP contribution in [0.5, 0.6) is 5.75 Å². The third kappa shape index (κ3) is 3.77. The predicted molar refractivity (Wildman–Crippen MR) is 105 cm³/mol. The summed E-state index contributed by atoms with van der Waals surface area (Å²) in [6.07, 6.45) is 0. The molecule has 0 saturated carbocycles. The van der Waals surface area contributed by atoms with E-state index < -0.39 is 5.25 Å². The van der Waals surface area contributed by atoms with Crippen molar-refractivity contribution in [3.8, 4) is 17.2 Å². The number of rotatable bonds is 5. The van der Waals surface area contributed by atoms with E-state index >= 15 is 0 Å². The molecule has 142 valence electrons. The highest BCUT2D eigenvalue weighted by atomic mass is 32.2. The van der Waals surface area contributed by atoms with Gasteiger partial charge in [0.05, 0.1) is 10.9 Å². The largest absolute Gasteiger partial charge is 0.482 e. The average Bonchev–Trinajstić information content (AvgIpc) is 3.15. The van der Waals surface area contributed by atoms with Crippen LogP contribution in [0.1, 0.15) is 22.8 Å². The van der Waals surface area contributed by atoms with Gasteiger partial charge in [-0.3, -0.25) is 9.59 Å². The van der Waals surface area contributed by atoms with Gasteiger partial charge in [0.2, 0.25) is 5.89 Å². The lowest BCUT2D eigenvalue weighted by atomic mass is 10.1. The van der Waals surface area contributed by atoms with Crippen LogP contribution in [0, 0.1) is 6.92 Å². The van der Waals surface area contributed by atoms with Crippen LogP contribution in [0.25, 0.3) is 11.5 Å². The Morgan fingerprint density at radius 1 is 1.18 bits per heavy atom. The molecule has 1 N–H and O–H groups in total. The molecule has 28 heavy (non-hydrogen) atoms. The molecule has 2 aromatic carbocycles. The Morgan fingerprint density at radius 3 is 2.75 bits per heavy atom. The van der Waals surface area contributed by atoms with E-state index in [1.807, 2.05) is 31.2 Å². The smallest absolute Gasteiger partial charge is 0.277 e. The maximum atomic E-state index is 12.8. The molecule has 2 heterocycles. The Kier molecular flexibility index (Phi) is 4.87. The highest BCUT2D eigenvalue weighted by Crippen LogP contribution is 2.31. The lowest BCUT2D eigenvalue weighted by Crippen LogP contribution is -2.25. The Hall–Kier alpha value is -3.13. The zero-order valence-electron chi connectivity index (χ0n) is 15.3. The van der Waals surface area contributed by atoms with Crippen molar-refractivity contribution in [1.29, 1.82) is 0 Å². The van der Waals surface area contributed by atoms with Gasteiger partial charge in [-0.25, -0.2) is 0 Å². The van der Waals surface area contributed by atoms with Gasteiger partial charge in [-0.15, -0.1) is 10.2 Å². The minimum Gasteiger partial charge on any atom is -0.482 e. The molecule has 1 atom stereocenters. The van der Waals surface area contributed by atoms with Crippen molar-refractivity contribution in [3.05, 3.63) is 53.6 Å². The number of thioether (sulfide) groups is 1. The molecule has 0 unspecified atom stereocenters. The first-order valence-electron chi connectivity index (χ1n) is 8.68. The molecule has 1 aliphatic rings. The van der Waals surface area contributed by atoms with Crippen LogP contribution in [0.15, 0.2) is 52.1 Å². The number of carbonyl (C=O) groups excluding carboxylic acids is 2. The van der Waals surface area contributed by atoms with E-state index in [1.165, 1.54) is 11.8 Å². The second-order valence-electron chi connectivity index (χ2n) is 6.41. The summed E-state index contributed by atoms with van der Waals surface area (Å²) < 4.78 is 11.0. The number of carbonyl (C=O) groups is 2. The Morgan fingerprint density at radius 2 is 1.96 bits per heavy atom. The van der Waals surface area contributed by atoms with Gasteiger partial charge in [-0.2, -0.15) is 0 Å². The normalized spacial score (nSPS) is 14.0. The summed E-state index contributed by atoms with van der Waals surface area (Å²) in [4.78, 5) is 24.2. The number of ketones is 1. The molecule has 0 aliphatic carbocycles. The van der Waals surface area contributed by atoms with Crippen molar-refractivity contribution in [2.75, 3.05) is 11.9 Å². The van der Waals surface area contributed by atoms with Crippen LogP contribution in [-0.2, 0) is 4.79 Å². The van der Waals surface area contributed by atoms with E-state index in [-0.39, 0.29) is 18.3 Å². The van der Waals surface area contributed by atoms with Crippen LogP contribution in [-0.4, -0.2) is 33.7 Å². The summed E-state index contributed by atoms with van der Waals surface area (Å²) in [5, 5.41) is 10.7. The summed E-state index contributed by atoms with van der Waals surface area (Å²) in [5.74, 6) is 0.614. The molecule has 0 saturated heterocycles. The summed E-state index contributed by atoms with van der Waals surface area (Å²) in [7, 11) is 0. The quantitative estimate of drug-likeness (QED) is 0.519. The maximum Gasteiger partial charge on any atom is 0.277 e. The van der Waals surface area contributed by atoms with Crippen molar-refractivity contribution >= 4 is 29.1 Å². The van der Waals surface area contributed by atoms with Crippen molar-refractivity contribution in [3.63, 3.8) is 0 Å². The van der Waals surface area contributed by atoms with Gasteiger partial charge in [0, 0.05) is 11.1 Å². The Balaban J connectivity index is 1.47. The van der Waals surface area contributed by atoms with Crippen LogP contribution >= 0.6 is 11.8 Å². The Labute approximate surface area is 165 Å². The summed E-state index contributed by atoms with van der Waals surface area (Å²) >= 11 is 1.19. The third-order valence-corrected chi connectivity index (χ3v) is 5.18. The van der Waals surface area contributed by atoms with E-state index in [2.05, 4.69) is 15.5 Å². The second kappa shape index (κ2) is 7.47. The zero-order chi connectivity index (χ0) is 19.7. The Bertz CT molecular complexity index is 1050. The first-order valence-corrected chi connectivity index (χ1v) is 9.55. The van der Waals surface area contributed by atoms with Gasteiger partial charge in [0.25, 0.3) is 11.1 Å². The number of ether oxygens (including phenoxy) is 1. The molecular formula is C20H17N3O4S. The van der Waals surface area contributed by atoms with Gasteiger partial charge in [0.15, 0.2) is 12.4 Å². The van der Waals surface area contributed by atoms with Gasteiger partial charge in [0.1, 0.15) is 5.75 Å². The van der Waals surface area contributed by atoms with Gasteiger partial charge in [-0.1, -0.05) is 29.5 Å². The molecule has 4 rings (SSSR count). The first-order chi connectivity index (χ1) is 13.5. The lowest BCUT2D eigenvalue weighted by molar-refractivity contribution is -0.118. The van der Waals surface area contributed by atoms with Crippen molar-refractivity contribution in [2.45, 2.75) is 24.3 Å². The van der Waals surface area contributed by atoms with E-state index in [0.717, 1.165) is 11.1 Å². The summed E-state index contributed by atoms with van der Waals surface area (Å²) in [6.45, 7) is 3.76.